The number of Topliss-reactive ketones (excluding diaryl/α,β-unsaturated/α-hetero) is 1. The summed E-state index contributed by atoms with van der Waals surface area (Å²) >= 11 is 0. The molecule has 0 aliphatic heterocycles. The summed E-state index contributed by atoms with van der Waals surface area (Å²) in [5.74, 6) is -1.76. The number of esters is 1. The highest BCUT2D eigenvalue weighted by Crippen LogP contribution is 2.07. The predicted molar refractivity (Wildman–Crippen MR) is 84.6 cm³/mol. The molecular weight excluding hydrogens is 294 g/mol. The topological polar surface area (TPSA) is 72.5 Å². The minimum absolute atomic E-state index is 0.0395. The Balaban J connectivity index is 2.09. The van der Waals surface area contributed by atoms with Crippen molar-refractivity contribution in [2.75, 3.05) is 0 Å². The molecule has 0 saturated heterocycles. The molecule has 0 heterocycles. The molecule has 0 fully saturated rings. The van der Waals surface area contributed by atoms with Gasteiger partial charge in [0, 0.05) is 12.5 Å². The lowest BCUT2D eigenvalue weighted by Gasteiger charge is -2.16. The van der Waals surface area contributed by atoms with Crippen LogP contribution in [0.1, 0.15) is 22.8 Å². The number of nitrogens with one attached hydrogen (secondary N) is 1. The van der Waals surface area contributed by atoms with Crippen molar-refractivity contribution in [3.63, 3.8) is 0 Å². The predicted octanol–water partition coefficient (Wildman–Crippen LogP) is 2.12. The third-order valence-corrected chi connectivity index (χ3v) is 3.13. The SMILES string of the molecule is CC(=O)NC(C(=O)OCc1ccccc1)C(=O)c1ccccc1. The number of ether oxygens (including phenoxy) is 1. The van der Waals surface area contributed by atoms with Gasteiger partial charge in [-0.2, -0.15) is 0 Å². The van der Waals surface area contributed by atoms with Crippen molar-refractivity contribution >= 4 is 17.7 Å². The van der Waals surface area contributed by atoms with Crippen LogP contribution in [0.15, 0.2) is 60.7 Å². The second-order valence-corrected chi connectivity index (χ2v) is 4.96. The maximum atomic E-state index is 12.4. The van der Waals surface area contributed by atoms with Crippen molar-refractivity contribution in [1.29, 1.82) is 0 Å². The number of hydrogen-bond acceptors (Lipinski definition) is 4. The van der Waals surface area contributed by atoms with Crippen LogP contribution >= 0.6 is 0 Å². The highest BCUT2D eigenvalue weighted by atomic mass is 16.5. The molecular formula is C18H17NO4. The second-order valence-electron chi connectivity index (χ2n) is 4.96. The van der Waals surface area contributed by atoms with E-state index < -0.39 is 23.7 Å². The summed E-state index contributed by atoms with van der Waals surface area (Å²) in [6, 6.07) is 16.1. The monoisotopic (exact) mass is 311 g/mol. The van der Waals surface area contributed by atoms with Crippen molar-refractivity contribution < 1.29 is 19.1 Å². The lowest BCUT2D eigenvalue weighted by atomic mass is 10.0. The Morgan fingerprint density at radius 3 is 2.09 bits per heavy atom. The summed E-state index contributed by atoms with van der Waals surface area (Å²) in [5, 5.41) is 2.35. The van der Waals surface area contributed by atoms with Crippen LogP contribution in [0.4, 0.5) is 0 Å². The van der Waals surface area contributed by atoms with Gasteiger partial charge in [-0.1, -0.05) is 60.7 Å². The second kappa shape index (κ2) is 7.89. The first kappa shape index (κ1) is 16.4. The average molecular weight is 311 g/mol. The largest absolute Gasteiger partial charge is 0.459 e. The van der Waals surface area contributed by atoms with Crippen LogP contribution in [0.3, 0.4) is 0 Å². The lowest BCUT2D eigenvalue weighted by molar-refractivity contribution is -0.147. The van der Waals surface area contributed by atoms with Crippen LogP contribution in [-0.2, 0) is 20.9 Å². The fourth-order valence-electron chi connectivity index (χ4n) is 2.02. The molecule has 5 heteroatoms. The molecule has 0 aromatic heterocycles. The van der Waals surface area contributed by atoms with Crippen LogP contribution in [0.5, 0.6) is 0 Å². The molecule has 1 amide bonds. The first-order chi connectivity index (χ1) is 11.1. The van der Waals surface area contributed by atoms with E-state index in [9.17, 15) is 14.4 Å². The molecule has 23 heavy (non-hydrogen) atoms. The van der Waals surface area contributed by atoms with E-state index in [4.69, 9.17) is 4.74 Å². The molecule has 2 rings (SSSR count). The Hall–Kier alpha value is -2.95. The fraction of sp³-hybridized carbons (Fsp3) is 0.167. The zero-order valence-electron chi connectivity index (χ0n) is 12.7. The van der Waals surface area contributed by atoms with Gasteiger partial charge in [-0.25, -0.2) is 4.79 Å². The van der Waals surface area contributed by atoms with E-state index >= 15 is 0 Å². The van der Waals surface area contributed by atoms with Gasteiger partial charge in [0.1, 0.15) is 6.61 Å². The molecule has 2 aromatic rings. The normalized spacial score (nSPS) is 11.3. The van der Waals surface area contributed by atoms with Crippen molar-refractivity contribution in [1.82, 2.24) is 5.32 Å². The molecule has 0 radical (unpaired) electrons. The number of ketones is 1. The number of carbonyl (C=O) groups is 3. The number of amides is 1. The number of carbonyl (C=O) groups excluding carboxylic acids is 3. The summed E-state index contributed by atoms with van der Waals surface area (Å²) in [5.41, 5.74) is 1.14. The number of benzene rings is 2. The van der Waals surface area contributed by atoms with Gasteiger partial charge in [0.2, 0.25) is 5.91 Å². The third kappa shape index (κ3) is 4.78. The minimum Gasteiger partial charge on any atom is -0.459 e. The van der Waals surface area contributed by atoms with Gasteiger partial charge >= 0.3 is 5.97 Å². The zero-order chi connectivity index (χ0) is 16.7. The standard InChI is InChI=1S/C18H17NO4/c1-13(20)19-16(17(21)15-10-6-3-7-11-15)18(22)23-12-14-8-4-2-5-9-14/h2-11,16H,12H2,1H3,(H,19,20). The first-order valence-corrected chi connectivity index (χ1v) is 7.15. The maximum Gasteiger partial charge on any atom is 0.337 e. The van der Waals surface area contributed by atoms with Crippen molar-refractivity contribution in [3.05, 3.63) is 71.8 Å². The number of hydrogen-bond donors (Lipinski definition) is 1. The Labute approximate surface area is 134 Å². The van der Waals surface area contributed by atoms with Gasteiger partial charge in [-0.05, 0) is 5.56 Å². The Morgan fingerprint density at radius 1 is 0.957 bits per heavy atom. The van der Waals surface area contributed by atoms with Crippen LogP contribution in [0.25, 0.3) is 0 Å². The molecule has 118 valence electrons. The van der Waals surface area contributed by atoms with E-state index in [0.717, 1.165) is 5.56 Å². The van der Waals surface area contributed by atoms with E-state index in [1.54, 1.807) is 42.5 Å². The Kier molecular flexibility index (Phi) is 5.63. The van der Waals surface area contributed by atoms with E-state index in [-0.39, 0.29) is 6.61 Å². The van der Waals surface area contributed by atoms with Gasteiger partial charge in [0.25, 0.3) is 0 Å². The maximum absolute atomic E-state index is 12.4. The minimum atomic E-state index is -1.35. The Bertz CT molecular complexity index is 683. The van der Waals surface area contributed by atoms with E-state index in [0.29, 0.717) is 5.56 Å². The van der Waals surface area contributed by atoms with Crippen molar-refractivity contribution in [3.8, 4) is 0 Å². The average Bonchev–Trinajstić information content (AvgIpc) is 2.58. The highest BCUT2D eigenvalue weighted by Gasteiger charge is 2.29. The van der Waals surface area contributed by atoms with Gasteiger partial charge in [-0.15, -0.1) is 0 Å². The number of rotatable bonds is 6. The van der Waals surface area contributed by atoms with Crippen LogP contribution in [-0.4, -0.2) is 23.7 Å². The molecule has 1 unspecified atom stereocenters. The molecule has 0 saturated carbocycles. The highest BCUT2D eigenvalue weighted by molar-refractivity contribution is 6.13. The van der Waals surface area contributed by atoms with Gasteiger partial charge in [0.15, 0.2) is 11.8 Å². The third-order valence-electron chi connectivity index (χ3n) is 3.13. The molecule has 5 nitrogen and oxygen atoms in total. The van der Waals surface area contributed by atoms with Crippen LogP contribution in [0.2, 0.25) is 0 Å². The summed E-state index contributed by atoms with van der Waals surface area (Å²) in [6.45, 7) is 1.29. The van der Waals surface area contributed by atoms with E-state index in [2.05, 4.69) is 5.32 Å². The molecule has 1 atom stereocenters. The summed E-state index contributed by atoms with van der Waals surface area (Å²) < 4.78 is 5.16. The molecule has 2 aromatic carbocycles. The van der Waals surface area contributed by atoms with Crippen LogP contribution in [0, 0.1) is 0 Å². The molecule has 0 aliphatic rings. The van der Waals surface area contributed by atoms with Crippen molar-refractivity contribution in [2.45, 2.75) is 19.6 Å². The van der Waals surface area contributed by atoms with Gasteiger partial charge in [0.05, 0.1) is 0 Å². The van der Waals surface area contributed by atoms with E-state index in [1.165, 1.54) is 6.92 Å². The zero-order valence-corrected chi connectivity index (χ0v) is 12.7. The fourth-order valence-corrected chi connectivity index (χ4v) is 2.02. The Morgan fingerprint density at radius 2 is 1.52 bits per heavy atom. The molecule has 0 aliphatic carbocycles. The first-order valence-electron chi connectivity index (χ1n) is 7.15. The van der Waals surface area contributed by atoms with Crippen molar-refractivity contribution in [2.24, 2.45) is 0 Å². The smallest absolute Gasteiger partial charge is 0.337 e. The summed E-state index contributed by atoms with van der Waals surface area (Å²) in [4.78, 5) is 35.9. The molecule has 1 N–H and O–H groups in total. The summed E-state index contributed by atoms with van der Waals surface area (Å²) in [6.07, 6.45) is 0. The quantitative estimate of drug-likeness (QED) is 0.504. The van der Waals surface area contributed by atoms with E-state index in [1.807, 2.05) is 18.2 Å². The lowest BCUT2D eigenvalue weighted by Crippen LogP contribution is -2.46. The summed E-state index contributed by atoms with van der Waals surface area (Å²) in [7, 11) is 0. The molecule has 0 spiro atoms. The van der Waals surface area contributed by atoms with Gasteiger partial charge in [-0.3, -0.25) is 9.59 Å². The van der Waals surface area contributed by atoms with Gasteiger partial charge < -0.3 is 10.1 Å². The molecule has 0 bridgehead atoms. The van der Waals surface area contributed by atoms with Crippen LogP contribution < -0.4 is 5.32 Å².